The Kier molecular flexibility index (Phi) is 3.80. The summed E-state index contributed by atoms with van der Waals surface area (Å²) in [7, 11) is 0. The molecule has 2 rings (SSSR count). The Hall–Kier alpha value is -1.56. The summed E-state index contributed by atoms with van der Waals surface area (Å²) in [5.74, 6) is -2.15. The summed E-state index contributed by atoms with van der Waals surface area (Å²) in [6.07, 6.45) is 0. The van der Waals surface area contributed by atoms with Gasteiger partial charge in [-0.25, -0.2) is 8.78 Å². The molecule has 1 amide bonds. The van der Waals surface area contributed by atoms with E-state index in [-0.39, 0.29) is 11.5 Å². The lowest BCUT2D eigenvalue weighted by atomic mass is 9.93. The van der Waals surface area contributed by atoms with Crippen LogP contribution in [0, 0.1) is 11.6 Å². The normalized spacial score (nSPS) is 20.9. The van der Waals surface area contributed by atoms with E-state index in [0.717, 1.165) is 0 Å². The van der Waals surface area contributed by atoms with Gasteiger partial charge in [-0.1, -0.05) is 13.0 Å². The molecule has 0 aliphatic carbocycles. The Balaban J connectivity index is 2.47. The lowest BCUT2D eigenvalue weighted by Crippen LogP contribution is -2.47. The zero-order chi connectivity index (χ0) is 14.2. The number of amides is 1. The highest BCUT2D eigenvalue weighted by molar-refractivity contribution is 7.80. The SMILES string of the molecule is CC1=C(C(C)c2c(F)cccc2F)NC(S)NC1=O. The minimum atomic E-state index is -0.628. The van der Waals surface area contributed by atoms with E-state index in [0.29, 0.717) is 11.3 Å². The lowest BCUT2D eigenvalue weighted by Gasteiger charge is -2.29. The van der Waals surface area contributed by atoms with Crippen LogP contribution < -0.4 is 10.6 Å². The quantitative estimate of drug-likeness (QED) is 0.729. The molecule has 0 aromatic heterocycles. The first-order chi connectivity index (χ1) is 8.91. The molecule has 6 heteroatoms. The summed E-state index contributed by atoms with van der Waals surface area (Å²) in [5, 5.41) is 5.49. The Morgan fingerprint density at radius 3 is 2.42 bits per heavy atom. The molecule has 0 fully saturated rings. The number of carbonyl (C=O) groups excluding carboxylic acids is 1. The van der Waals surface area contributed by atoms with Crippen molar-refractivity contribution in [2.75, 3.05) is 0 Å². The zero-order valence-electron chi connectivity index (χ0n) is 10.5. The van der Waals surface area contributed by atoms with Crippen molar-refractivity contribution in [1.29, 1.82) is 0 Å². The van der Waals surface area contributed by atoms with Crippen molar-refractivity contribution in [1.82, 2.24) is 10.6 Å². The largest absolute Gasteiger partial charge is 0.359 e. The van der Waals surface area contributed by atoms with E-state index in [2.05, 4.69) is 23.3 Å². The fourth-order valence-electron chi connectivity index (χ4n) is 2.16. The molecule has 0 saturated heterocycles. The van der Waals surface area contributed by atoms with Gasteiger partial charge in [0.2, 0.25) is 0 Å². The van der Waals surface area contributed by atoms with Crippen LogP contribution in [0.3, 0.4) is 0 Å². The third kappa shape index (κ3) is 2.58. The predicted octanol–water partition coefficient (Wildman–Crippen LogP) is 2.28. The number of allylic oxidation sites excluding steroid dienone is 1. The van der Waals surface area contributed by atoms with E-state index >= 15 is 0 Å². The number of benzene rings is 1. The number of rotatable bonds is 2. The average molecular weight is 284 g/mol. The molecule has 3 nitrogen and oxygen atoms in total. The van der Waals surface area contributed by atoms with Crippen LogP contribution in [0.4, 0.5) is 8.78 Å². The molecule has 0 radical (unpaired) electrons. The van der Waals surface area contributed by atoms with Gasteiger partial charge in [-0.05, 0) is 19.1 Å². The molecule has 0 saturated carbocycles. The molecule has 2 atom stereocenters. The minimum Gasteiger partial charge on any atom is -0.359 e. The van der Waals surface area contributed by atoms with Crippen LogP contribution in [0.1, 0.15) is 25.3 Å². The van der Waals surface area contributed by atoms with Gasteiger partial charge in [-0.3, -0.25) is 4.79 Å². The molecule has 0 bridgehead atoms. The van der Waals surface area contributed by atoms with Gasteiger partial charge >= 0.3 is 0 Å². The maximum atomic E-state index is 13.8. The van der Waals surface area contributed by atoms with Crippen LogP contribution in [0.25, 0.3) is 0 Å². The Bertz CT molecular complexity index is 539. The first-order valence-electron chi connectivity index (χ1n) is 5.82. The van der Waals surface area contributed by atoms with Gasteiger partial charge in [0.05, 0.1) is 0 Å². The molecule has 0 spiro atoms. The van der Waals surface area contributed by atoms with Gasteiger partial charge in [0, 0.05) is 22.8 Å². The van der Waals surface area contributed by atoms with E-state index < -0.39 is 23.1 Å². The fraction of sp³-hybridized carbons (Fsp3) is 0.308. The van der Waals surface area contributed by atoms with Crippen molar-refractivity contribution in [2.24, 2.45) is 0 Å². The van der Waals surface area contributed by atoms with Crippen LogP contribution in [-0.4, -0.2) is 11.4 Å². The second-order valence-electron chi connectivity index (χ2n) is 4.42. The van der Waals surface area contributed by atoms with Crippen LogP contribution in [0.5, 0.6) is 0 Å². The van der Waals surface area contributed by atoms with Crippen molar-refractivity contribution >= 4 is 18.5 Å². The number of thiol groups is 1. The van der Waals surface area contributed by atoms with Crippen molar-refractivity contribution < 1.29 is 13.6 Å². The first-order valence-corrected chi connectivity index (χ1v) is 6.33. The maximum absolute atomic E-state index is 13.8. The summed E-state index contributed by atoms with van der Waals surface area (Å²) in [5.41, 5.74) is 0.260. The summed E-state index contributed by atoms with van der Waals surface area (Å²) < 4.78 is 27.5. The number of hydrogen-bond acceptors (Lipinski definition) is 3. The molecular formula is C13H14F2N2OS. The van der Waals surface area contributed by atoms with Crippen molar-refractivity contribution in [3.63, 3.8) is 0 Å². The van der Waals surface area contributed by atoms with Crippen molar-refractivity contribution in [3.8, 4) is 0 Å². The lowest BCUT2D eigenvalue weighted by molar-refractivity contribution is -0.118. The standard InChI is InChI=1S/C13H14F2N2OS/c1-6(10-8(14)4-3-5-9(10)15)11-7(2)12(18)17-13(19)16-11/h3-6,13,16,19H,1-2H3,(H,17,18). The summed E-state index contributed by atoms with van der Waals surface area (Å²) in [6, 6.07) is 3.71. The predicted molar refractivity (Wildman–Crippen MR) is 71.5 cm³/mol. The minimum absolute atomic E-state index is 0.0559. The molecule has 19 heavy (non-hydrogen) atoms. The Morgan fingerprint density at radius 2 is 1.84 bits per heavy atom. The zero-order valence-corrected chi connectivity index (χ0v) is 11.4. The van der Waals surface area contributed by atoms with Crippen LogP contribution in [0.2, 0.25) is 0 Å². The fourth-order valence-corrected chi connectivity index (χ4v) is 2.42. The van der Waals surface area contributed by atoms with Gasteiger partial charge in [-0.15, -0.1) is 12.6 Å². The van der Waals surface area contributed by atoms with E-state index in [9.17, 15) is 13.6 Å². The van der Waals surface area contributed by atoms with Crippen LogP contribution >= 0.6 is 12.6 Å². The number of nitrogens with one attached hydrogen (secondary N) is 2. The van der Waals surface area contributed by atoms with Crippen molar-refractivity contribution in [3.05, 3.63) is 46.7 Å². The van der Waals surface area contributed by atoms with Gasteiger partial charge in [0.15, 0.2) is 0 Å². The molecule has 1 aliphatic heterocycles. The second-order valence-corrected chi connectivity index (χ2v) is 4.93. The third-order valence-electron chi connectivity index (χ3n) is 3.17. The number of hydrogen-bond donors (Lipinski definition) is 3. The number of halogens is 2. The Morgan fingerprint density at radius 1 is 1.26 bits per heavy atom. The summed E-state index contributed by atoms with van der Waals surface area (Å²) in [6.45, 7) is 3.25. The summed E-state index contributed by atoms with van der Waals surface area (Å²) >= 11 is 4.11. The van der Waals surface area contributed by atoms with Crippen molar-refractivity contribution in [2.45, 2.75) is 25.3 Å². The highest BCUT2D eigenvalue weighted by Crippen LogP contribution is 2.30. The molecule has 2 unspecified atom stereocenters. The molecule has 1 aliphatic rings. The van der Waals surface area contributed by atoms with Crippen LogP contribution in [0.15, 0.2) is 29.5 Å². The highest BCUT2D eigenvalue weighted by atomic mass is 32.1. The monoisotopic (exact) mass is 284 g/mol. The maximum Gasteiger partial charge on any atom is 0.250 e. The molecule has 2 N–H and O–H groups in total. The highest BCUT2D eigenvalue weighted by Gasteiger charge is 2.28. The van der Waals surface area contributed by atoms with Gasteiger partial charge in [0.1, 0.15) is 17.1 Å². The molecule has 1 aromatic rings. The van der Waals surface area contributed by atoms with Gasteiger partial charge in [-0.2, -0.15) is 0 Å². The number of carbonyl (C=O) groups is 1. The van der Waals surface area contributed by atoms with Crippen LogP contribution in [-0.2, 0) is 4.79 Å². The molecule has 102 valence electrons. The molecular weight excluding hydrogens is 270 g/mol. The molecule has 1 heterocycles. The van der Waals surface area contributed by atoms with E-state index in [1.54, 1.807) is 13.8 Å². The Labute approximate surface area is 115 Å². The third-order valence-corrected chi connectivity index (χ3v) is 3.43. The van der Waals surface area contributed by atoms with E-state index in [1.807, 2.05) is 0 Å². The topological polar surface area (TPSA) is 41.1 Å². The van der Waals surface area contributed by atoms with Gasteiger partial charge in [0.25, 0.3) is 5.91 Å². The average Bonchev–Trinajstić information content (AvgIpc) is 2.33. The van der Waals surface area contributed by atoms with Gasteiger partial charge < -0.3 is 10.6 Å². The smallest absolute Gasteiger partial charge is 0.250 e. The second kappa shape index (κ2) is 5.21. The van der Waals surface area contributed by atoms with E-state index in [1.165, 1.54) is 18.2 Å². The molecule has 1 aromatic carbocycles. The first kappa shape index (κ1) is 13.9. The van der Waals surface area contributed by atoms with E-state index in [4.69, 9.17) is 0 Å². The summed E-state index contributed by atoms with van der Waals surface area (Å²) in [4.78, 5) is 11.7.